The maximum Gasteiger partial charge on any atom is 0.416 e. The number of nitrogens with two attached hydrogens (primary N) is 1. The number of anilines is 1. The van der Waals surface area contributed by atoms with Crippen LogP contribution in [0.4, 0.5) is 10.5 Å². The molecule has 5 nitrogen and oxygen atoms in total. The summed E-state index contributed by atoms with van der Waals surface area (Å²) < 4.78 is 4.71. The van der Waals surface area contributed by atoms with Crippen LogP contribution in [-0.4, -0.2) is 35.8 Å². The molecule has 2 N–H and O–H groups in total. The number of imide groups is 1. The number of benzene rings is 1. The zero-order chi connectivity index (χ0) is 13.1. The van der Waals surface area contributed by atoms with Gasteiger partial charge in [0.1, 0.15) is 6.61 Å². The monoisotopic (exact) mass is 266 g/mol. The molecule has 2 amide bonds. The molecule has 6 heteroatoms. The first-order chi connectivity index (χ1) is 8.58. The van der Waals surface area contributed by atoms with Gasteiger partial charge in [-0.05, 0) is 24.6 Å². The molecule has 1 aromatic rings. The van der Waals surface area contributed by atoms with Gasteiger partial charge in [-0.1, -0.05) is 6.07 Å². The van der Waals surface area contributed by atoms with Crippen LogP contribution in [0.15, 0.2) is 23.1 Å². The van der Waals surface area contributed by atoms with E-state index >= 15 is 0 Å². The second-order valence-electron chi connectivity index (χ2n) is 3.99. The number of carbonyl (C=O) groups excluding carboxylic acids is 2. The fraction of sp³-hybridized carbons (Fsp3) is 0.333. The van der Waals surface area contributed by atoms with Crippen molar-refractivity contribution in [3.63, 3.8) is 0 Å². The number of cyclic esters (lactones) is 1. The van der Waals surface area contributed by atoms with E-state index in [-0.39, 0.29) is 18.3 Å². The predicted molar refractivity (Wildman–Crippen MR) is 69.4 cm³/mol. The van der Waals surface area contributed by atoms with Crippen molar-refractivity contribution in [3.05, 3.63) is 23.8 Å². The van der Waals surface area contributed by atoms with E-state index in [1.54, 1.807) is 0 Å². The van der Waals surface area contributed by atoms with Crippen LogP contribution >= 0.6 is 11.8 Å². The van der Waals surface area contributed by atoms with E-state index in [9.17, 15) is 9.59 Å². The van der Waals surface area contributed by atoms with E-state index in [0.717, 1.165) is 15.4 Å². The normalized spacial score (nSPS) is 14.7. The first kappa shape index (κ1) is 12.8. The molecule has 0 saturated carbocycles. The number of thioether (sulfide) groups is 1. The lowest BCUT2D eigenvalue weighted by atomic mass is 10.2. The van der Waals surface area contributed by atoms with Crippen LogP contribution in [0.2, 0.25) is 0 Å². The Labute approximate surface area is 109 Å². The van der Waals surface area contributed by atoms with Crippen molar-refractivity contribution in [2.75, 3.05) is 24.6 Å². The van der Waals surface area contributed by atoms with E-state index in [1.807, 2.05) is 25.1 Å². The molecular weight excluding hydrogens is 252 g/mol. The number of amides is 2. The molecule has 0 radical (unpaired) electrons. The first-order valence-corrected chi connectivity index (χ1v) is 6.52. The molecule has 2 rings (SSSR count). The Hall–Kier alpha value is -1.69. The van der Waals surface area contributed by atoms with Gasteiger partial charge in [0.15, 0.2) is 0 Å². The quantitative estimate of drug-likeness (QED) is 0.665. The second kappa shape index (κ2) is 5.30. The highest BCUT2D eigenvalue weighted by atomic mass is 32.2. The highest BCUT2D eigenvalue weighted by molar-refractivity contribution is 8.00. The van der Waals surface area contributed by atoms with Crippen LogP contribution in [0, 0.1) is 6.92 Å². The summed E-state index contributed by atoms with van der Waals surface area (Å²) in [5.41, 5.74) is 7.58. The molecule has 0 atom stereocenters. The highest BCUT2D eigenvalue weighted by Crippen LogP contribution is 2.26. The van der Waals surface area contributed by atoms with Crippen LogP contribution in [-0.2, 0) is 9.53 Å². The SMILES string of the molecule is Cc1ccc(SCC(=O)N2CCOC2=O)c(N)c1. The van der Waals surface area contributed by atoms with E-state index < -0.39 is 6.09 Å². The van der Waals surface area contributed by atoms with Crippen LogP contribution in [0.1, 0.15) is 5.56 Å². The van der Waals surface area contributed by atoms with Gasteiger partial charge in [0, 0.05) is 10.6 Å². The smallest absolute Gasteiger partial charge is 0.416 e. The summed E-state index contributed by atoms with van der Waals surface area (Å²) in [5, 5.41) is 0. The highest BCUT2D eigenvalue weighted by Gasteiger charge is 2.28. The van der Waals surface area contributed by atoms with Crippen molar-refractivity contribution in [1.29, 1.82) is 0 Å². The van der Waals surface area contributed by atoms with Gasteiger partial charge in [-0.25, -0.2) is 9.69 Å². The summed E-state index contributed by atoms with van der Waals surface area (Å²) in [6.45, 7) is 2.57. The Kier molecular flexibility index (Phi) is 3.76. The minimum atomic E-state index is -0.558. The Balaban J connectivity index is 1.95. The van der Waals surface area contributed by atoms with Gasteiger partial charge in [0.2, 0.25) is 5.91 Å². The molecule has 1 aliphatic heterocycles. The predicted octanol–water partition coefficient (Wildman–Crippen LogP) is 1.65. The van der Waals surface area contributed by atoms with Crippen molar-refractivity contribution in [1.82, 2.24) is 4.90 Å². The third kappa shape index (κ3) is 2.76. The number of aryl methyl sites for hydroxylation is 1. The van der Waals surface area contributed by atoms with Crippen molar-refractivity contribution in [2.24, 2.45) is 0 Å². The number of hydrogen-bond acceptors (Lipinski definition) is 5. The molecule has 1 fully saturated rings. The standard InChI is InChI=1S/C12H14N2O3S/c1-8-2-3-10(9(13)6-8)18-7-11(15)14-4-5-17-12(14)16/h2-3,6H,4-5,7,13H2,1H3. The fourth-order valence-electron chi connectivity index (χ4n) is 1.64. The van der Waals surface area contributed by atoms with E-state index in [2.05, 4.69) is 0 Å². The molecule has 0 spiro atoms. The molecule has 1 heterocycles. The van der Waals surface area contributed by atoms with E-state index in [4.69, 9.17) is 10.5 Å². The van der Waals surface area contributed by atoms with Gasteiger partial charge in [-0.3, -0.25) is 4.79 Å². The molecule has 18 heavy (non-hydrogen) atoms. The molecule has 1 aliphatic rings. The lowest BCUT2D eigenvalue weighted by Gasteiger charge is -2.11. The first-order valence-electron chi connectivity index (χ1n) is 5.54. The number of hydrogen-bond donors (Lipinski definition) is 1. The van der Waals surface area contributed by atoms with Gasteiger partial charge in [-0.15, -0.1) is 11.8 Å². The molecule has 1 aromatic carbocycles. The van der Waals surface area contributed by atoms with Gasteiger partial charge in [0.25, 0.3) is 0 Å². The van der Waals surface area contributed by atoms with Crippen molar-refractivity contribution in [2.45, 2.75) is 11.8 Å². The third-order valence-electron chi connectivity index (χ3n) is 2.58. The van der Waals surface area contributed by atoms with Crippen molar-refractivity contribution < 1.29 is 14.3 Å². The minimum absolute atomic E-state index is 0.183. The van der Waals surface area contributed by atoms with Crippen LogP contribution in [0.3, 0.4) is 0 Å². The molecule has 0 aromatic heterocycles. The van der Waals surface area contributed by atoms with E-state index in [1.165, 1.54) is 11.8 Å². The minimum Gasteiger partial charge on any atom is -0.447 e. The summed E-state index contributed by atoms with van der Waals surface area (Å²) in [4.78, 5) is 24.9. The average molecular weight is 266 g/mol. The summed E-state index contributed by atoms with van der Waals surface area (Å²) in [5.74, 6) is -0.0648. The molecule has 0 bridgehead atoms. The lowest BCUT2D eigenvalue weighted by molar-refractivity contribution is -0.124. The maximum absolute atomic E-state index is 11.8. The average Bonchev–Trinajstić information content (AvgIpc) is 2.74. The van der Waals surface area contributed by atoms with Crippen molar-refractivity contribution >= 4 is 29.4 Å². The zero-order valence-electron chi connectivity index (χ0n) is 10.0. The molecule has 0 aliphatic carbocycles. The van der Waals surface area contributed by atoms with Gasteiger partial charge >= 0.3 is 6.09 Å². The summed E-state index contributed by atoms with van der Waals surface area (Å²) in [6, 6.07) is 5.68. The van der Waals surface area contributed by atoms with Crippen LogP contribution in [0.25, 0.3) is 0 Å². The molecule has 1 saturated heterocycles. The Morgan fingerprint density at radius 1 is 1.56 bits per heavy atom. The van der Waals surface area contributed by atoms with Crippen LogP contribution in [0.5, 0.6) is 0 Å². The number of nitrogens with zero attached hydrogens (tertiary/aromatic N) is 1. The van der Waals surface area contributed by atoms with Crippen LogP contribution < -0.4 is 5.73 Å². The molecule has 96 valence electrons. The number of carbonyl (C=O) groups is 2. The zero-order valence-corrected chi connectivity index (χ0v) is 10.8. The summed E-state index contributed by atoms with van der Waals surface area (Å²) >= 11 is 1.33. The van der Waals surface area contributed by atoms with Crippen molar-refractivity contribution in [3.8, 4) is 0 Å². The Morgan fingerprint density at radius 2 is 2.33 bits per heavy atom. The summed E-state index contributed by atoms with van der Waals surface area (Å²) in [7, 11) is 0. The number of nitrogen functional groups attached to an aromatic ring is 1. The molecule has 0 unspecified atom stereocenters. The largest absolute Gasteiger partial charge is 0.447 e. The van der Waals surface area contributed by atoms with Gasteiger partial charge in [-0.2, -0.15) is 0 Å². The Bertz CT molecular complexity index is 490. The second-order valence-corrected chi connectivity index (χ2v) is 5.01. The third-order valence-corrected chi connectivity index (χ3v) is 3.65. The fourth-order valence-corrected chi connectivity index (χ4v) is 2.46. The number of rotatable bonds is 3. The summed E-state index contributed by atoms with van der Waals surface area (Å²) in [6.07, 6.45) is -0.558. The maximum atomic E-state index is 11.8. The van der Waals surface area contributed by atoms with E-state index in [0.29, 0.717) is 12.2 Å². The van der Waals surface area contributed by atoms with Gasteiger partial charge < -0.3 is 10.5 Å². The number of ether oxygens (including phenoxy) is 1. The van der Waals surface area contributed by atoms with Gasteiger partial charge in [0.05, 0.1) is 12.3 Å². The molecular formula is C12H14N2O3S. The lowest BCUT2D eigenvalue weighted by Crippen LogP contribution is -2.32. The topological polar surface area (TPSA) is 72.6 Å². The Morgan fingerprint density at radius 3 is 2.94 bits per heavy atom.